The number of epoxide rings is 1. The number of hydrogen-bond acceptors (Lipinski definition) is 4. The van der Waals surface area contributed by atoms with E-state index in [4.69, 9.17) is 9.47 Å². The van der Waals surface area contributed by atoms with Gasteiger partial charge in [-0.15, -0.1) is 0 Å². The average molecular weight is 175 g/mol. The largest absolute Gasteiger partial charge is 0.371 e. The average Bonchev–Trinajstić information content (AvgIpc) is 2.70. The van der Waals surface area contributed by atoms with E-state index in [9.17, 15) is 10.1 Å². The molecule has 70 valence electrons. The van der Waals surface area contributed by atoms with E-state index >= 15 is 0 Å². The summed E-state index contributed by atoms with van der Waals surface area (Å²) in [5.41, 5.74) is -0.991. The molecule has 1 aliphatic rings. The first-order valence-corrected chi connectivity index (χ1v) is 3.86. The van der Waals surface area contributed by atoms with Crippen molar-refractivity contribution in [2.75, 3.05) is 19.8 Å². The third-order valence-electron chi connectivity index (χ3n) is 1.66. The molecule has 0 aromatic heterocycles. The Bertz CT molecular complexity index is 176. The van der Waals surface area contributed by atoms with Crippen molar-refractivity contribution in [3.8, 4) is 0 Å². The Morgan fingerprint density at radius 2 is 2.33 bits per heavy atom. The summed E-state index contributed by atoms with van der Waals surface area (Å²) in [6, 6.07) is 0. The molecule has 0 aromatic carbocycles. The Labute approximate surface area is 70.8 Å². The zero-order valence-corrected chi connectivity index (χ0v) is 7.28. The molecule has 5 nitrogen and oxygen atoms in total. The van der Waals surface area contributed by atoms with Crippen LogP contribution in [0.5, 0.6) is 0 Å². The fourth-order valence-corrected chi connectivity index (χ4v) is 0.657. The molecule has 1 unspecified atom stereocenters. The first-order valence-electron chi connectivity index (χ1n) is 3.86. The second-order valence-corrected chi connectivity index (χ2v) is 3.54. The minimum Gasteiger partial charge on any atom is -0.371 e. The lowest BCUT2D eigenvalue weighted by Gasteiger charge is -2.14. The van der Waals surface area contributed by atoms with E-state index in [-0.39, 0.29) is 17.6 Å². The summed E-state index contributed by atoms with van der Waals surface area (Å²) in [4.78, 5) is 10.1. The third kappa shape index (κ3) is 2.75. The molecule has 5 heteroatoms. The monoisotopic (exact) mass is 175 g/mol. The highest BCUT2D eigenvalue weighted by atomic mass is 16.6. The Kier molecular flexibility index (Phi) is 2.64. The van der Waals surface area contributed by atoms with Gasteiger partial charge in [0.1, 0.15) is 12.7 Å². The number of hydrogen-bond donors (Lipinski definition) is 0. The van der Waals surface area contributed by atoms with Gasteiger partial charge in [-0.05, 0) is 0 Å². The summed E-state index contributed by atoms with van der Waals surface area (Å²) < 4.78 is 10.0. The van der Waals surface area contributed by atoms with Crippen LogP contribution in [0.25, 0.3) is 0 Å². The molecular formula is C7H13NO4. The number of nitro groups is 1. The van der Waals surface area contributed by atoms with Gasteiger partial charge in [-0.2, -0.15) is 0 Å². The van der Waals surface area contributed by atoms with Crippen LogP contribution in [0.1, 0.15) is 13.8 Å². The van der Waals surface area contributed by atoms with Gasteiger partial charge in [-0.1, -0.05) is 0 Å². The molecule has 1 aliphatic heterocycles. The summed E-state index contributed by atoms with van der Waals surface area (Å²) in [7, 11) is 0. The quantitative estimate of drug-likeness (QED) is 0.346. The minimum absolute atomic E-state index is 0.139. The minimum atomic E-state index is -0.991. The zero-order valence-electron chi connectivity index (χ0n) is 7.28. The maximum absolute atomic E-state index is 10.4. The lowest BCUT2D eigenvalue weighted by Crippen LogP contribution is -2.36. The van der Waals surface area contributed by atoms with E-state index in [2.05, 4.69) is 0 Å². The van der Waals surface area contributed by atoms with Crippen LogP contribution in [-0.2, 0) is 9.47 Å². The van der Waals surface area contributed by atoms with Crippen molar-refractivity contribution in [2.45, 2.75) is 25.5 Å². The fraction of sp³-hybridized carbons (Fsp3) is 1.00. The van der Waals surface area contributed by atoms with Gasteiger partial charge in [0.2, 0.25) is 5.54 Å². The highest BCUT2D eigenvalue weighted by molar-refractivity contribution is 4.70. The molecule has 1 rings (SSSR count). The van der Waals surface area contributed by atoms with Gasteiger partial charge in [-0.25, -0.2) is 0 Å². The van der Waals surface area contributed by atoms with Crippen molar-refractivity contribution >= 4 is 0 Å². The predicted molar refractivity (Wildman–Crippen MR) is 41.6 cm³/mol. The Morgan fingerprint density at radius 3 is 2.75 bits per heavy atom. The SMILES string of the molecule is CC(C)(COCC1CO1)[N+](=O)[O-]. The van der Waals surface area contributed by atoms with Crippen molar-refractivity contribution in [1.29, 1.82) is 0 Å². The van der Waals surface area contributed by atoms with Crippen LogP contribution >= 0.6 is 0 Å². The van der Waals surface area contributed by atoms with Crippen LogP contribution in [-0.4, -0.2) is 36.4 Å². The van der Waals surface area contributed by atoms with Crippen molar-refractivity contribution in [1.82, 2.24) is 0 Å². The number of rotatable bonds is 5. The lowest BCUT2D eigenvalue weighted by molar-refractivity contribution is -0.564. The van der Waals surface area contributed by atoms with E-state index in [0.717, 1.165) is 6.61 Å². The van der Waals surface area contributed by atoms with E-state index in [1.54, 1.807) is 13.8 Å². The predicted octanol–water partition coefficient (Wildman–Crippen LogP) is 0.457. The first-order chi connectivity index (χ1) is 5.52. The molecule has 1 fully saturated rings. The van der Waals surface area contributed by atoms with Gasteiger partial charge in [0.25, 0.3) is 0 Å². The summed E-state index contributed by atoms with van der Waals surface area (Å²) >= 11 is 0. The molecule has 0 spiro atoms. The van der Waals surface area contributed by atoms with Gasteiger partial charge in [-0.3, -0.25) is 10.1 Å². The summed E-state index contributed by atoms with van der Waals surface area (Å²) in [5, 5.41) is 10.4. The zero-order chi connectivity index (χ0) is 9.19. The molecule has 0 N–H and O–H groups in total. The van der Waals surface area contributed by atoms with Gasteiger partial charge < -0.3 is 9.47 Å². The molecule has 0 bridgehead atoms. The van der Waals surface area contributed by atoms with Crippen LogP contribution in [0.15, 0.2) is 0 Å². The van der Waals surface area contributed by atoms with E-state index in [1.807, 2.05) is 0 Å². The maximum Gasteiger partial charge on any atom is 0.239 e. The van der Waals surface area contributed by atoms with Crippen LogP contribution in [0.2, 0.25) is 0 Å². The van der Waals surface area contributed by atoms with Gasteiger partial charge in [0.15, 0.2) is 0 Å². The highest BCUT2D eigenvalue weighted by Gasteiger charge is 2.32. The Balaban J connectivity index is 2.14. The van der Waals surface area contributed by atoms with Crippen molar-refractivity contribution in [2.24, 2.45) is 0 Å². The summed E-state index contributed by atoms with van der Waals surface area (Å²) in [6.45, 7) is 4.41. The van der Waals surface area contributed by atoms with Crippen LogP contribution in [0, 0.1) is 10.1 Å². The molecule has 1 heterocycles. The molecule has 0 saturated carbocycles. The number of nitrogens with zero attached hydrogens (tertiary/aromatic N) is 1. The highest BCUT2D eigenvalue weighted by Crippen LogP contribution is 2.12. The van der Waals surface area contributed by atoms with Crippen LogP contribution in [0.3, 0.4) is 0 Å². The molecule has 12 heavy (non-hydrogen) atoms. The smallest absolute Gasteiger partial charge is 0.239 e. The second-order valence-electron chi connectivity index (χ2n) is 3.54. The van der Waals surface area contributed by atoms with Crippen molar-refractivity contribution < 1.29 is 14.4 Å². The molecule has 0 radical (unpaired) electrons. The van der Waals surface area contributed by atoms with Crippen molar-refractivity contribution in [3.05, 3.63) is 10.1 Å². The normalized spacial score (nSPS) is 22.3. The lowest BCUT2D eigenvalue weighted by atomic mass is 10.1. The van der Waals surface area contributed by atoms with E-state index < -0.39 is 5.54 Å². The Morgan fingerprint density at radius 1 is 1.75 bits per heavy atom. The Hall–Kier alpha value is -0.680. The second kappa shape index (κ2) is 3.37. The molecule has 1 saturated heterocycles. The summed E-state index contributed by atoms with van der Waals surface area (Å²) in [6.07, 6.45) is 0.174. The molecule has 0 aromatic rings. The van der Waals surface area contributed by atoms with E-state index in [0.29, 0.717) is 6.61 Å². The number of ether oxygens (including phenoxy) is 2. The maximum atomic E-state index is 10.4. The van der Waals surface area contributed by atoms with Crippen LogP contribution in [0.4, 0.5) is 0 Å². The molecule has 0 amide bonds. The van der Waals surface area contributed by atoms with Gasteiger partial charge in [0.05, 0.1) is 13.2 Å². The fourth-order valence-electron chi connectivity index (χ4n) is 0.657. The molecule has 0 aliphatic carbocycles. The van der Waals surface area contributed by atoms with E-state index in [1.165, 1.54) is 0 Å². The summed E-state index contributed by atoms with van der Waals surface area (Å²) in [5.74, 6) is 0. The molecular weight excluding hydrogens is 162 g/mol. The topological polar surface area (TPSA) is 64.9 Å². The third-order valence-corrected chi connectivity index (χ3v) is 1.66. The first kappa shape index (κ1) is 9.41. The van der Waals surface area contributed by atoms with Crippen LogP contribution < -0.4 is 0 Å². The van der Waals surface area contributed by atoms with Crippen molar-refractivity contribution in [3.63, 3.8) is 0 Å². The van der Waals surface area contributed by atoms with Gasteiger partial charge >= 0.3 is 0 Å². The standard InChI is InChI=1S/C7H13NO4/c1-7(2,8(9)10)5-11-3-6-4-12-6/h6H,3-5H2,1-2H3. The molecule has 1 atom stereocenters. The van der Waals surface area contributed by atoms with Gasteiger partial charge in [0, 0.05) is 18.8 Å².